The first-order chi connectivity index (χ1) is 8.61. The molecule has 0 spiro atoms. The Morgan fingerprint density at radius 3 is 2.72 bits per heavy atom. The minimum atomic E-state index is 0.0152. The predicted octanol–water partition coefficient (Wildman–Crippen LogP) is 1.96. The Kier molecular flexibility index (Phi) is 3.98. The van der Waals surface area contributed by atoms with Gasteiger partial charge in [-0.15, -0.1) is 10.2 Å². The van der Waals surface area contributed by atoms with Crippen LogP contribution in [0.2, 0.25) is 0 Å². The van der Waals surface area contributed by atoms with Gasteiger partial charge in [-0.3, -0.25) is 0 Å². The molecule has 1 aromatic carbocycles. The van der Waals surface area contributed by atoms with Gasteiger partial charge in [-0.2, -0.15) is 0 Å². The second kappa shape index (κ2) is 5.49. The molecule has 1 N–H and O–H groups in total. The van der Waals surface area contributed by atoms with Gasteiger partial charge in [0.2, 0.25) is 0 Å². The first-order valence-corrected chi connectivity index (χ1v) is 6.28. The highest BCUT2D eigenvalue weighted by molar-refractivity contribution is 9.10. The van der Waals surface area contributed by atoms with Crippen LogP contribution < -0.4 is 4.74 Å². The van der Waals surface area contributed by atoms with Gasteiger partial charge in [0.25, 0.3) is 0 Å². The Bertz CT molecular complexity index is 554. The zero-order chi connectivity index (χ0) is 13.1. The molecule has 0 amide bonds. The van der Waals surface area contributed by atoms with Crippen molar-refractivity contribution in [1.82, 2.24) is 14.8 Å². The summed E-state index contributed by atoms with van der Waals surface area (Å²) in [5.74, 6) is 2.33. The molecule has 0 unspecified atom stereocenters. The van der Waals surface area contributed by atoms with Crippen molar-refractivity contribution < 1.29 is 9.84 Å². The average molecular weight is 312 g/mol. The maximum absolute atomic E-state index is 9.02. The standard InChI is InChI=1S/C12H14BrN3O2/c1-8-14-15-12(16(8)2)7-18-11-4-3-9(6-17)5-10(11)13/h3-5,17H,6-7H2,1-2H3. The molecule has 0 aliphatic rings. The number of halogens is 1. The van der Waals surface area contributed by atoms with E-state index in [0.29, 0.717) is 12.4 Å². The summed E-state index contributed by atoms with van der Waals surface area (Å²) in [7, 11) is 1.90. The van der Waals surface area contributed by atoms with Crippen LogP contribution in [0.15, 0.2) is 22.7 Å². The van der Waals surface area contributed by atoms with Gasteiger partial charge in [0.1, 0.15) is 18.2 Å². The molecule has 0 aliphatic carbocycles. The molecule has 6 heteroatoms. The summed E-state index contributed by atoms with van der Waals surface area (Å²) in [5.41, 5.74) is 0.837. The fourth-order valence-corrected chi connectivity index (χ4v) is 2.02. The number of ether oxygens (including phenoxy) is 1. The highest BCUT2D eigenvalue weighted by atomic mass is 79.9. The lowest BCUT2D eigenvalue weighted by Crippen LogP contribution is -2.04. The van der Waals surface area contributed by atoms with Gasteiger partial charge in [0.05, 0.1) is 11.1 Å². The van der Waals surface area contributed by atoms with Gasteiger partial charge in [0.15, 0.2) is 5.82 Å². The number of hydrogen-bond acceptors (Lipinski definition) is 4. The van der Waals surface area contributed by atoms with E-state index in [0.717, 1.165) is 21.7 Å². The molecule has 1 aromatic heterocycles. The molecule has 0 radical (unpaired) electrons. The van der Waals surface area contributed by atoms with E-state index in [1.54, 1.807) is 0 Å². The van der Waals surface area contributed by atoms with Crippen LogP contribution in [0.4, 0.5) is 0 Å². The number of benzene rings is 1. The fraction of sp³-hybridized carbons (Fsp3) is 0.333. The third-order valence-corrected chi connectivity index (χ3v) is 3.34. The van der Waals surface area contributed by atoms with Crippen LogP contribution in [0, 0.1) is 6.92 Å². The number of aliphatic hydroxyl groups excluding tert-OH is 1. The number of aromatic nitrogens is 3. The first-order valence-electron chi connectivity index (χ1n) is 5.48. The fourth-order valence-electron chi connectivity index (χ4n) is 1.48. The number of rotatable bonds is 4. The van der Waals surface area contributed by atoms with Gasteiger partial charge in [0, 0.05) is 7.05 Å². The van der Waals surface area contributed by atoms with Crippen LogP contribution in [-0.4, -0.2) is 19.9 Å². The van der Waals surface area contributed by atoms with Crippen LogP contribution >= 0.6 is 15.9 Å². The summed E-state index contributed by atoms with van der Waals surface area (Å²) < 4.78 is 8.36. The molecule has 0 saturated heterocycles. The van der Waals surface area contributed by atoms with E-state index >= 15 is 0 Å². The first kappa shape index (κ1) is 13.0. The van der Waals surface area contributed by atoms with E-state index in [1.165, 1.54) is 0 Å². The van der Waals surface area contributed by atoms with Crippen molar-refractivity contribution in [3.8, 4) is 5.75 Å². The second-order valence-corrected chi connectivity index (χ2v) is 4.79. The van der Waals surface area contributed by atoms with Crippen LogP contribution in [0.25, 0.3) is 0 Å². The van der Waals surface area contributed by atoms with E-state index in [9.17, 15) is 0 Å². The smallest absolute Gasteiger partial charge is 0.170 e. The highest BCUT2D eigenvalue weighted by Gasteiger charge is 2.07. The van der Waals surface area contributed by atoms with E-state index < -0.39 is 0 Å². The lowest BCUT2D eigenvalue weighted by molar-refractivity contribution is 0.279. The van der Waals surface area contributed by atoms with Gasteiger partial charge in [-0.1, -0.05) is 6.07 Å². The Hall–Kier alpha value is -1.40. The van der Waals surface area contributed by atoms with E-state index in [-0.39, 0.29) is 6.61 Å². The Labute approximate surface area is 114 Å². The predicted molar refractivity (Wildman–Crippen MR) is 70.1 cm³/mol. The molecule has 1 heterocycles. The van der Waals surface area contributed by atoms with Crippen LogP contribution in [0.1, 0.15) is 17.2 Å². The molecular weight excluding hydrogens is 298 g/mol. The minimum absolute atomic E-state index is 0.0152. The topological polar surface area (TPSA) is 60.2 Å². The summed E-state index contributed by atoms with van der Waals surface area (Å²) in [6, 6.07) is 5.47. The maximum atomic E-state index is 9.02. The monoisotopic (exact) mass is 311 g/mol. The molecular formula is C12H14BrN3O2. The quantitative estimate of drug-likeness (QED) is 0.937. The molecule has 0 saturated carbocycles. The molecule has 0 aliphatic heterocycles. The number of nitrogens with zero attached hydrogens (tertiary/aromatic N) is 3. The summed E-state index contributed by atoms with van der Waals surface area (Å²) in [6.07, 6.45) is 0. The van der Waals surface area contributed by atoms with Crippen molar-refractivity contribution in [3.63, 3.8) is 0 Å². The molecule has 5 nitrogen and oxygen atoms in total. The number of aryl methyl sites for hydroxylation is 1. The van der Waals surface area contributed by atoms with Crippen LogP contribution in [0.5, 0.6) is 5.75 Å². The third kappa shape index (κ3) is 2.70. The highest BCUT2D eigenvalue weighted by Crippen LogP contribution is 2.26. The second-order valence-electron chi connectivity index (χ2n) is 3.93. The van der Waals surface area contributed by atoms with Crippen molar-refractivity contribution >= 4 is 15.9 Å². The largest absolute Gasteiger partial charge is 0.484 e. The summed E-state index contributed by atoms with van der Waals surface area (Å²) in [6.45, 7) is 2.26. The van der Waals surface area contributed by atoms with Crippen LogP contribution in [-0.2, 0) is 20.3 Å². The van der Waals surface area contributed by atoms with Crippen molar-refractivity contribution in [2.75, 3.05) is 0 Å². The number of aliphatic hydroxyl groups is 1. The molecule has 0 fully saturated rings. The molecule has 0 atom stereocenters. The molecule has 96 valence electrons. The Morgan fingerprint density at radius 1 is 1.39 bits per heavy atom. The van der Waals surface area contributed by atoms with E-state index in [4.69, 9.17) is 9.84 Å². The van der Waals surface area contributed by atoms with E-state index in [1.807, 2.05) is 36.7 Å². The summed E-state index contributed by atoms with van der Waals surface area (Å²) in [4.78, 5) is 0. The van der Waals surface area contributed by atoms with E-state index in [2.05, 4.69) is 26.1 Å². The van der Waals surface area contributed by atoms with Crippen molar-refractivity contribution in [2.24, 2.45) is 7.05 Å². The van der Waals surface area contributed by atoms with Gasteiger partial charge < -0.3 is 14.4 Å². The Morgan fingerprint density at radius 2 is 2.17 bits per heavy atom. The number of hydrogen-bond donors (Lipinski definition) is 1. The third-order valence-electron chi connectivity index (χ3n) is 2.72. The molecule has 0 bridgehead atoms. The molecule has 18 heavy (non-hydrogen) atoms. The van der Waals surface area contributed by atoms with Gasteiger partial charge >= 0.3 is 0 Å². The molecule has 2 aromatic rings. The summed E-state index contributed by atoms with van der Waals surface area (Å²) >= 11 is 3.41. The van der Waals surface area contributed by atoms with Crippen LogP contribution in [0.3, 0.4) is 0 Å². The van der Waals surface area contributed by atoms with Gasteiger partial charge in [-0.25, -0.2) is 0 Å². The van der Waals surface area contributed by atoms with Crippen molar-refractivity contribution in [2.45, 2.75) is 20.1 Å². The maximum Gasteiger partial charge on any atom is 0.170 e. The normalized spacial score (nSPS) is 10.7. The van der Waals surface area contributed by atoms with Crippen molar-refractivity contribution in [3.05, 3.63) is 39.9 Å². The van der Waals surface area contributed by atoms with Crippen molar-refractivity contribution in [1.29, 1.82) is 0 Å². The molecule has 2 rings (SSSR count). The summed E-state index contributed by atoms with van der Waals surface area (Å²) in [5, 5.41) is 17.0. The lowest BCUT2D eigenvalue weighted by atomic mass is 10.2. The average Bonchev–Trinajstić information content (AvgIpc) is 2.68. The zero-order valence-corrected chi connectivity index (χ0v) is 11.8. The SMILES string of the molecule is Cc1nnc(COc2ccc(CO)cc2Br)n1C. The minimum Gasteiger partial charge on any atom is -0.484 e. The zero-order valence-electron chi connectivity index (χ0n) is 10.2. The Balaban J connectivity index is 2.08. The van der Waals surface area contributed by atoms with Gasteiger partial charge in [-0.05, 0) is 40.5 Å². The lowest BCUT2D eigenvalue weighted by Gasteiger charge is -2.08.